The number of hydrogen-bond acceptors (Lipinski definition) is 4. The first kappa shape index (κ1) is 13.5. The highest BCUT2D eigenvalue weighted by atomic mass is 19.4. The molecule has 1 aliphatic rings. The van der Waals surface area contributed by atoms with E-state index in [0.717, 1.165) is 11.6 Å². The van der Waals surface area contributed by atoms with Crippen LogP contribution in [0.4, 0.5) is 19.0 Å². The molecule has 2 aromatic rings. The molecule has 0 aliphatic carbocycles. The van der Waals surface area contributed by atoms with Crippen LogP contribution < -0.4 is 14.8 Å². The number of nitrogens with zero attached hydrogens (tertiary/aromatic N) is 1. The summed E-state index contributed by atoms with van der Waals surface area (Å²) in [5, 5.41) is 2.86. The average molecular weight is 296 g/mol. The Morgan fingerprint density at radius 1 is 1.10 bits per heavy atom. The molecule has 0 spiro atoms. The number of nitrogens with one attached hydrogen (secondary N) is 1. The van der Waals surface area contributed by atoms with Crippen LogP contribution in [-0.2, 0) is 12.7 Å². The first-order valence-electron chi connectivity index (χ1n) is 6.19. The van der Waals surface area contributed by atoms with Crippen LogP contribution in [0, 0.1) is 0 Å². The van der Waals surface area contributed by atoms with Crippen LogP contribution in [0.15, 0.2) is 36.4 Å². The fourth-order valence-corrected chi connectivity index (χ4v) is 1.93. The van der Waals surface area contributed by atoms with Gasteiger partial charge in [0.25, 0.3) is 0 Å². The lowest BCUT2D eigenvalue weighted by Gasteiger charge is -2.10. The summed E-state index contributed by atoms with van der Waals surface area (Å²) in [6.07, 6.45) is -4.45. The van der Waals surface area contributed by atoms with Crippen molar-refractivity contribution in [1.29, 1.82) is 0 Å². The molecule has 0 radical (unpaired) electrons. The number of aromatic nitrogens is 1. The van der Waals surface area contributed by atoms with Crippen molar-refractivity contribution in [3.63, 3.8) is 0 Å². The zero-order chi connectivity index (χ0) is 14.9. The van der Waals surface area contributed by atoms with E-state index in [1.165, 1.54) is 12.1 Å². The molecule has 0 fully saturated rings. The van der Waals surface area contributed by atoms with Crippen molar-refractivity contribution in [2.75, 3.05) is 12.1 Å². The van der Waals surface area contributed by atoms with E-state index in [2.05, 4.69) is 10.3 Å². The monoisotopic (exact) mass is 296 g/mol. The number of alkyl halides is 3. The van der Waals surface area contributed by atoms with E-state index in [1.807, 2.05) is 6.07 Å². The number of benzene rings is 1. The molecule has 0 bridgehead atoms. The molecule has 110 valence electrons. The summed E-state index contributed by atoms with van der Waals surface area (Å²) >= 11 is 0. The van der Waals surface area contributed by atoms with Crippen LogP contribution in [0.5, 0.6) is 11.5 Å². The molecule has 1 aromatic heterocycles. The lowest BCUT2D eigenvalue weighted by molar-refractivity contribution is -0.141. The van der Waals surface area contributed by atoms with Gasteiger partial charge in [-0.25, -0.2) is 4.98 Å². The third kappa shape index (κ3) is 3.01. The van der Waals surface area contributed by atoms with Crippen LogP contribution in [0.1, 0.15) is 11.3 Å². The molecule has 0 unspecified atom stereocenters. The molecule has 1 aliphatic heterocycles. The Labute approximate surface area is 118 Å². The van der Waals surface area contributed by atoms with Gasteiger partial charge < -0.3 is 14.8 Å². The topological polar surface area (TPSA) is 43.4 Å². The van der Waals surface area contributed by atoms with Gasteiger partial charge in [-0.05, 0) is 29.8 Å². The van der Waals surface area contributed by atoms with Gasteiger partial charge in [-0.2, -0.15) is 13.2 Å². The molecule has 3 rings (SSSR count). The lowest BCUT2D eigenvalue weighted by Crippen LogP contribution is -2.10. The standard InChI is InChI=1S/C14H11F3N2O2/c15-14(16,17)12-2-1-3-13(19-12)18-7-9-4-5-10-11(6-9)21-8-20-10/h1-6H,7-8H2,(H,18,19). The SMILES string of the molecule is FC(F)(F)c1cccc(NCc2ccc3c(c2)OCO3)n1. The van der Waals surface area contributed by atoms with Gasteiger partial charge in [-0.15, -0.1) is 0 Å². The van der Waals surface area contributed by atoms with Crippen LogP contribution >= 0.6 is 0 Å². The van der Waals surface area contributed by atoms with Gasteiger partial charge in [-0.1, -0.05) is 12.1 Å². The zero-order valence-electron chi connectivity index (χ0n) is 10.8. The predicted octanol–water partition coefficient (Wildman–Crippen LogP) is 3.44. The molecule has 21 heavy (non-hydrogen) atoms. The van der Waals surface area contributed by atoms with Gasteiger partial charge in [-0.3, -0.25) is 0 Å². The molecule has 7 heteroatoms. The zero-order valence-corrected chi connectivity index (χ0v) is 10.8. The summed E-state index contributed by atoms with van der Waals surface area (Å²) in [6.45, 7) is 0.520. The van der Waals surface area contributed by atoms with Gasteiger partial charge in [0.15, 0.2) is 11.5 Å². The Morgan fingerprint density at radius 3 is 2.71 bits per heavy atom. The summed E-state index contributed by atoms with van der Waals surface area (Å²) in [4.78, 5) is 3.54. The molecule has 2 heterocycles. The van der Waals surface area contributed by atoms with Crippen molar-refractivity contribution in [2.24, 2.45) is 0 Å². The maximum atomic E-state index is 12.6. The van der Waals surface area contributed by atoms with Crippen LogP contribution in [0.25, 0.3) is 0 Å². The Balaban J connectivity index is 1.70. The maximum Gasteiger partial charge on any atom is 0.433 e. The first-order chi connectivity index (χ1) is 10.0. The summed E-state index contributed by atoms with van der Waals surface area (Å²) in [5.41, 5.74) is -0.0587. The smallest absolute Gasteiger partial charge is 0.433 e. The molecule has 0 saturated carbocycles. The van der Waals surface area contributed by atoms with E-state index in [9.17, 15) is 13.2 Å². The van der Waals surface area contributed by atoms with E-state index < -0.39 is 11.9 Å². The Kier molecular flexibility index (Phi) is 3.32. The number of ether oxygens (including phenoxy) is 2. The normalized spacial score (nSPS) is 13.3. The van der Waals surface area contributed by atoms with Gasteiger partial charge in [0.2, 0.25) is 6.79 Å². The average Bonchev–Trinajstić information content (AvgIpc) is 2.92. The minimum absolute atomic E-state index is 0.169. The van der Waals surface area contributed by atoms with E-state index in [4.69, 9.17) is 9.47 Å². The first-order valence-corrected chi connectivity index (χ1v) is 6.19. The highest BCUT2D eigenvalue weighted by Crippen LogP contribution is 2.32. The van der Waals surface area contributed by atoms with Crippen molar-refractivity contribution in [1.82, 2.24) is 4.98 Å². The molecular formula is C14H11F3N2O2. The number of halogens is 3. The predicted molar refractivity (Wildman–Crippen MR) is 69.1 cm³/mol. The Bertz CT molecular complexity index is 659. The quantitative estimate of drug-likeness (QED) is 0.942. The van der Waals surface area contributed by atoms with Gasteiger partial charge in [0.1, 0.15) is 11.5 Å². The molecule has 1 N–H and O–H groups in total. The van der Waals surface area contributed by atoms with Crippen LogP contribution in [0.3, 0.4) is 0 Å². The second-order valence-electron chi connectivity index (χ2n) is 4.45. The fourth-order valence-electron chi connectivity index (χ4n) is 1.93. The lowest BCUT2D eigenvalue weighted by atomic mass is 10.2. The van der Waals surface area contributed by atoms with E-state index in [1.54, 1.807) is 12.1 Å². The Hall–Kier alpha value is -2.44. The Morgan fingerprint density at radius 2 is 1.90 bits per heavy atom. The molecule has 0 atom stereocenters. The summed E-state index contributed by atoms with van der Waals surface area (Å²) in [6, 6.07) is 9.10. The van der Waals surface area contributed by atoms with Gasteiger partial charge >= 0.3 is 6.18 Å². The van der Waals surface area contributed by atoms with Crippen molar-refractivity contribution < 1.29 is 22.6 Å². The van der Waals surface area contributed by atoms with Gasteiger partial charge in [0.05, 0.1) is 0 Å². The van der Waals surface area contributed by atoms with Crippen molar-refractivity contribution in [2.45, 2.75) is 12.7 Å². The molecule has 0 saturated heterocycles. The summed E-state index contributed by atoms with van der Waals surface area (Å²) < 4.78 is 48.1. The van der Waals surface area contributed by atoms with Crippen LogP contribution in [-0.4, -0.2) is 11.8 Å². The number of fused-ring (bicyclic) bond motifs is 1. The van der Waals surface area contributed by atoms with Crippen molar-refractivity contribution in [3.8, 4) is 11.5 Å². The van der Waals surface area contributed by atoms with E-state index in [-0.39, 0.29) is 12.6 Å². The highest BCUT2D eigenvalue weighted by molar-refractivity contribution is 5.46. The largest absolute Gasteiger partial charge is 0.454 e. The van der Waals surface area contributed by atoms with Crippen molar-refractivity contribution >= 4 is 5.82 Å². The highest BCUT2D eigenvalue weighted by Gasteiger charge is 2.32. The third-order valence-electron chi connectivity index (χ3n) is 2.95. The number of anilines is 1. The molecular weight excluding hydrogens is 285 g/mol. The van der Waals surface area contributed by atoms with Gasteiger partial charge in [0, 0.05) is 6.54 Å². The molecule has 0 amide bonds. The second-order valence-corrected chi connectivity index (χ2v) is 4.45. The van der Waals surface area contributed by atoms with Crippen LogP contribution in [0.2, 0.25) is 0 Å². The van der Waals surface area contributed by atoms with E-state index in [0.29, 0.717) is 18.0 Å². The maximum absolute atomic E-state index is 12.6. The molecule has 4 nitrogen and oxygen atoms in total. The molecule has 1 aromatic carbocycles. The van der Waals surface area contributed by atoms with E-state index >= 15 is 0 Å². The third-order valence-corrected chi connectivity index (χ3v) is 2.95. The number of rotatable bonds is 3. The fraction of sp³-hybridized carbons (Fsp3) is 0.214. The summed E-state index contributed by atoms with van der Waals surface area (Å²) in [7, 11) is 0. The number of hydrogen-bond donors (Lipinski definition) is 1. The second kappa shape index (κ2) is 5.16. The number of pyridine rings is 1. The minimum Gasteiger partial charge on any atom is -0.454 e. The summed E-state index contributed by atoms with van der Waals surface area (Å²) in [5.74, 6) is 1.46. The minimum atomic E-state index is -4.45. The van der Waals surface area contributed by atoms with Crippen molar-refractivity contribution in [3.05, 3.63) is 47.7 Å².